The molecule has 1 aliphatic rings. The summed E-state index contributed by atoms with van der Waals surface area (Å²) in [4.78, 5) is 12.2. The summed E-state index contributed by atoms with van der Waals surface area (Å²) in [7, 11) is 0. The molecule has 1 fully saturated rings. The molecule has 0 atom stereocenters. The molecule has 0 bridgehead atoms. The highest BCUT2D eigenvalue weighted by Crippen LogP contribution is 2.41. The van der Waals surface area contributed by atoms with Crippen LogP contribution >= 0.6 is 0 Å². The van der Waals surface area contributed by atoms with Gasteiger partial charge in [-0.3, -0.25) is 9.48 Å². The number of amides is 1. The first-order valence-corrected chi connectivity index (χ1v) is 7.27. The number of hydrogen-bond donors (Lipinski definition) is 3. The second kappa shape index (κ2) is 6.15. The molecule has 0 aromatic carbocycles. The predicted octanol–water partition coefficient (Wildman–Crippen LogP) is 0.923. The summed E-state index contributed by atoms with van der Waals surface area (Å²) in [6.07, 6.45) is 3.01. The van der Waals surface area contributed by atoms with Gasteiger partial charge in [-0.05, 0) is 39.2 Å². The first-order chi connectivity index (χ1) is 9.99. The van der Waals surface area contributed by atoms with Crippen LogP contribution in [-0.4, -0.2) is 33.3 Å². The molecule has 1 saturated carbocycles. The second-order valence-corrected chi connectivity index (χ2v) is 5.68. The number of aryl methyl sites for hydroxylation is 3. The average Bonchev–Trinajstić information content (AvgIpc) is 2.71. The van der Waals surface area contributed by atoms with Crippen molar-refractivity contribution in [1.82, 2.24) is 15.1 Å². The highest BCUT2D eigenvalue weighted by atomic mass is 16.4. The van der Waals surface area contributed by atoms with Crippen LogP contribution in [0.5, 0.6) is 0 Å². The van der Waals surface area contributed by atoms with Crippen LogP contribution in [-0.2, 0) is 11.3 Å². The third-order valence-electron chi connectivity index (χ3n) is 4.18. The Morgan fingerprint density at radius 2 is 2.29 bits per heavy atom. The van der Waals surface area contributed by atoms with E-state index in [-0.39, 0.29) is 11.7 Å². The number of nitrogens with zero attached hydrogens (tertiary/aromatic N) is 3. The van der Waals surface area contributed by atoms with Crippen molar-refractivity contribution in [3.63, 3.8) is 0 Å². The highest BCUT2D eigenvalue weighted by molar-refractivity contribution is 6.07. The molecule has 2 rings (SSSR count). The van der Waals surface area contributed by atoms with Crippen LogP contribution in [0.4, 0.5) is 0 Å². The number of carbonyl (C=O) groups excluding carboxylic acids is 1. The van der Waals surface area contributed by atoms with Crippen LogP contribution in [0.3, 0.4) is 0 Å². The third kappa shape index (κ3) is 3.01. The van der Waals surface area contributed by atoms with Crippen molar-refractivity contribution in [2.24, 2.45) is 16.3 Å². The molecule has 0 spiro atoms. The van der Waals surface area contributed by atoms with Crippen LogP contribution in [0.25, 0.3) is 0 Å². The van der Waals surface area contributed by atoms with E-state index in [0.29, 0.717) is 19.4 Å². The Hall–Kier alpha value is -2.05. The van der Waals surface area contributed by atoms with E-state index in [2.05, 4.69) is 15.6 Å². The number of hydrogen-bond acceptors (Lipinski definition) is 4. The fourth-order valence-corrected chi connectivity index (χ4v) is 2.73. The van der Waals surface area contributed by atoms with Gasteiger partial charge in [-0.1, -0.05) is 11.6 Å². The van der Waals surface area contributed by atoms with Gasteiger partial charge in [0.1, 0.15) is 5.41 Å². The molecule has 1 heterocycles. The fraction of sp³-hybridized carbons (Fsp3) is 0.643. The van der Waals surface area contributed by atoms with Crippen molar-refractivity contribution in [2.75, 3.05) is 6.54 Å². The van der Waals surface area contributed by atoms with Crippen molar-refractivity contribution in [3.8, 4) is 0 Å². The first kappa shape index (κ1) is 15.3. The summed E-state index contributed by atoms with van der Waals surface area (Å²) in [6, 6.07) is 2.03. The zero-order chi connectivity index (χ0) is 15.5. The summed E-state index contributed by atoms with van der Waals surface area (Å²) >= 11 is 0. The van der Waals surface area contributed by atoms with Gasteiger partial charge in [0.25, 0.3) is 0 Å². The number of aromatic nitrogens is 2. The van der Waals surface area contributed by atoms with Crippen LogP contribution in [0.2, 0.25) is 0 Å². The van der Waals surface area contributed by atoms with Gasteiger partial charge in [0.05, 0.1) is 5.69 Å². The number of oxime groups is 1. The van der Waals surface area contributed by atoms with Gasteiger partial charge in [-0.25, -0.2) is 0 Å². The van der Waals surface area contributed by atoms with Gasteiger partial charge < -0.3 is 16.3 Å². The molecule has 1 amide bonds. The van der Waals surface area contributed by atoms with E-state index in [4.69, 9.17) is 10.9 Å². The lowest BCUT2D eigenvalue weighted by Gasteiger charge is -2.38. The molecule has 0 unspecified atom stereocenters. The molecule has 1 aromatic rings. The van der Waals surface area contributed by atoms with E-state index in [1.54, 1.807) is 0 Å². The van der Waals surface area contributed by atoms with Crippen LogP contribution in [0, 0.1) is 19.3 Å². The molecular formula is C14H23N5O2. The largest absolute Gasteiger partial charge is 0.409 e. The summed E-state index contributed by atoms with van der Waals surface area (Å²) < 4.78 is 1.93. The van der Waals surface area contributed by atoms with E-state index in [9.17, 15) is 4.79 Å². The topological polar surface area (TPSA) is 106 Å². The SMILES string of the molecule is Cc1cc(C)n(CCCNC(=O)C2(/C(N)=N/O)CCC2)n1. The van der Waals surface area contributed by atoms with Crippen molar-refractivity contribution >= 4 is 11.7 Å². The van der Waals surface area contributed by atoms with Crippen molar-refractivity contribution < 1.29 is 10.0 Å². The Balaban J connectivity index is 1.81. The zero-order valence-electron chi connectivity index (χ0n) is 12.6. The number of nitrogens with one attached hydrogen (secondary N) is 1. The Bertz CT molecular complexity index is 546. The summed E-state index contributed by atoms with van der Waals surface area (Å²) in [5.41, 5.74) is 6.97. The number of nitrogens with two attached hydrogens (primary N) is 1. The van der Waals surface area contributed by atoms with Crippen molar-refractivity contribution in [2.45, 2.75) is 46.1 Å². The maximum atomic E-state index is 12.2. The predicted molar refractivity (Wildman–Crippen MR) is 79.0 cm³/mol. The first-order valence-electron chi connectivity index (χ1n) is 7.27. The molecule has 0 saturated heterocycles. The van der Waals surface area contributed by atoms with Crippen molar-refractivity contribution in [3.05, 3.63) is 17.5 Å². The molecule has 1 aliphatic carbocycles. The van der Waals surface area contributed by atoms with E-state index in [1.807, 2.05) is 24.6 Å². The maximum Gasteiger partial charge on any atom is 0.233 e. The van der Waals surface area contributed by atoms with Crippen molar-refractivity contribution in [1.29, 1.82) is 0 Å². The van der Waals surface area contributed by atoms with E-state index >= 15 is 0 Å². The Kier molecular flexibility index (Phi) is 4.50. The van der Waals surface area contributed by atoms with Gasteiger partial charge in [-0.15, -0.1) is 0 Å². The molecule has 1 aromatic heterocycles. The Morgan fingerprint density at radius 1 is 1.57 bits per heavy atom. The normalized spacial score (nSPS) is 17.3. The summed E-state index contributed by atoms with van der Waals surface area (Å²) in [6.45, 7) is 5.29. The summed E-state index contributed by atoms with van der Waals surface area (Å²) in [5, 5.41) is 19.1. The van der Waals surface area contributed by atoms with Gasteiger partial charge in [0.15, 0.2) is 5.84 Å². The minimum Gasteiger partial charge on any atom is -0.409 e. The van der Waals surface area contributed by atoms with Gasteiger partial charge >= 0.3 is 0 Å². The molecular weight excluding hydrogens is 270 g/mol. The van der Waals surface area contributed by atoms with Crippen LogP contribution < -0.4 is 11.1 Å². The highest BCUT2D eigenvalue weighted by Gasteiger charge is 2.48. The minimum atomic E-state index is -0.799. The number of rotatable bonds is 6. The van der Waals surface area contributed by atoms with E-state index in [0.717, 1.165) is 30.8 Å². The lowest BCUT2D eigenvalue weighted by molar-refractivity contribution is -0.131. The van der Waals surface area contributed by atoms with Gasteiger partial charge in [-0.2, -0.15) is 5.10 Å². The quantitative estimate of drug-likeness (QED) is 0.238. The monoisotopic (exact) mass is 293 g/mol. The molecule has 21 heavy (non-hydrogen) atoms. The van der Waals surface area contributed by atoms with Crippen LogP contribution in [0.15, 0.2) is 11.2 Å². The van der Waals surface area contributed by atoms with Gasteiger partial charge in [0.2, 0.25) is 5.91 Å². The number of amidine groups is 1. The maximum absolute atomic E-state index is 12.2. The Labute approximate surface area is 124 Å². The average molecular weight is 293 g/mol. The molecule has 116 valence electrons. The standard InChI is InChI=1S/C14H23N5O2/c1-10-9-11(2)19(17-10)8-4-7-16-13(20)14(5-3-6-14)12(15)18-21/h9,21H,3-8H2,1-2H3,(H2,15,18)(H,16,20). The lowest BCUT2D eigenvalue weighted by Crippen LogP contribution is -2.54. The summed E-state index contributed by atoms with van der Waals surface area (Å²) in [5.74, 6) is -0.123. The fourth-order valence-electron chi connectivity index (χ4n) is 2.73. The zero-order valence-corrected chi connectivity index (χ0v) is 12.6. The lowest BCUT2D eigenvalue weighted by atomic mass is 9.67. The Morgan fingerprint density at radius 3 is 2.76 bits per heavy atom. The van der Waals surface area contributed by atoms with Gasteiger partial charge in [0, 0.05) is 18.8 Å². The smallest absolute Gasteiger partial charge is 0.233 e. The van der Waals surface area contributed by atoms with Crippen LogP contribution in [0.1, 0.15) is 37.1 Å². The van der Waals surface area contributed by atoms with E-state index in [1.165, 1.54) is 0 Å². The van der Waals surface area contributed by atoms with E-state index < -0.39 is 5.41 Å². The molecule has 7 nitrogen and oxygen atoms in total. The molecule has 0 radical (unpaired) electrons. The number of carbonyl (C=O) groups is 1. The minimum absolute atomic E-state index is 0.0183. The molecule has 7 heteroatoms. The molecule has 4 N–H and O–H groups in total. The second-order valence-electron chi connectivity index (χ2n) is 5.68. The third-order valence-corrected chi connectivity index (χ3v) is 4.18. The molecule has 0 aliphatic heterocycles.